The fourth-order valence-electron chi connectivity index (χ4n) is 1.73. The minimum Gasteiger partial charge on any atom is -0.480 e. The number of aliphatic hydroxyl groups excluding tert-OH is 1. The molecular formula is C9H13NO7. The third-order valence-corrected chi connectivity index (χ3v) is 2.83. The van der Waals surface area contributed by atoms with Crippen LogP contribution in [-0.2, 0) is 14.4 Å². The highest BCUT2D eigenvalue weighted by Crippen LogP contribution is 2.29. The molecule has 3 unspecified atom stereocenters. The van der Waals surface area contributed by atoms with Gasteiger partial charge in [0.15, 0.2) is 11.8 Å². The summed E-state index contributed by atoms with van der Waals surface area (Å²) in [6.45, 7) is 0. The van der Waals surface area contributed by atoms with Gasteiger partial charge in [0.2, 0.25) is 11.6 Å². The Balaban J connectivity index is 2.96. The zero-order valence-corrected chi connectivity index (χ0v) is 8.74. The van der Waals surface area contributed by atoms with Crippen LogP contribution in [0.5, 0.6) is 0 Å². The Morgan fingerprint density at radius 1 is 1.29 bits per heavy atom. The number of hydrogen-bond donors (Lipinski definition) is 5. The number of carbonyl (C=O) groups excluding carboxylic acids is 2. The molecule has 1 aliphatic rings. The van der Waals surface area contributed by atoms with Crippen LogP contribution in [0.4, 0.5) is 0 Å². The van der Waals surface area contributed by atoms with E-state index in [0.717, 1.165) is 0 Å². The number of rotatable bonds is 3. The summed E-state index contributed by atoms with van der Waals surface area (Å²) in [7, 11) is 0. The standard InChI is InChI=1S/C9H13NO7/c10-7(8(14)15)9(16,17)3-1-2-4(11)6(13)5(3)12/h3-4,7,11,16-17H,1-2,10H2,(H,14,15). The molecule has 0 aromatic carbocycles. The molecule has 96 valence electrons. The molecule has 6 N–H and O–H groups in total. The molecule has 1 rings (SSSR count). The average molecular weight is 247 g/mol. The summed E-state index contributed by atoms with van der Waals surface area (Å²) in [5.41, 5.74) is 5.04. The van der Waals surface area contributed by atoms with Crippen molar-refractivity contribution in [3.05, 3.63) is 0 Å². The van der Waals surface area contributed by atoms with Gasteiger partial charge in [-0.25, -0.2) is 0 Å². The number of aliphatic hydroxyl groups is 3. The van der Waals surface area contributed by atoms with Crippen molar-refractivity contribution in [2.75, 3.05) is 0 Å². The Morgan fingerprint density at radius 2 is 1.82 bits per heavy atom. The van der Waals surface area contributed by atoms with Crippen LogP contribution in [0.2, 0.25) is 0 Å². The van der Waals surface area contributed by atoms with Crippen molar-refractivity contribution in [1.29, 1.82) is 0 Å². The number of carboxylic acids is 1. The van der Waals surface area contributed by atoms with Crippen LogP contribution < -0.4 is 5.73 Å². The Morgan fingerprint density at radius 3 is 2.29 bits per heavy atom. The van der Waals surface area contributed by atoms with Gasteiger partial charge in [0.25, 0.3) is 0 Å². The van der Waals surface area contributed by atoms with E-state index in [1.807, 2.05) is 0 Å². The molecule has 0 spiro atoms. The number of nitrogens with two attached hydrogens (primary N) is 1. The minimum atomic E-state index is -3.02. The third-order valence-electron chi connectivity index (χ3n) is 2.83. The molecular weight excluding hydrogens is 234 g/mol. The molecule has 0 aliphatic heterocycles. The van der Waals surface area contributed by atoms with E-state index in [-0.39, 0.29) is 12.8 Å². The lowest BCUT2D eigenvalue weighted by Gasteiger charge is -2.35. The second kappa shape index (κ2) is 4.49. The van der Waals surface area contributed by atoms with Crippen LogP contribution in [-0.4, -0.2) is 55.9 Å². The maximum absolute atomic E-state index is 11.4. The van der Waals surface area contributed by atoms with Crippen LogP contribution in [0.1, 0.15) is 12.8 Å². The van der Waals surface area contributed by atoms with Crippen molar-refractivity contribution in [3.63, 3.8) is 0 Å². The van der Waals surface area contributed by atoms with Crippen molar-refractivity contribution < 1.29 is 34.8 Å². The Kier molecular flexibility index (Phi) is 3.62. The van der Waals surface area contributed by atoms with Gasteiger partial charge in [-0.15, -0.1) is 0 Å². The summed E-state index contributed by atoms with van der Waals surface area (Å²) in [4.78, 5) is 33.1. The van der Waals surface area contributed by atoms with Crippen molar-refractivity contribution in [1.82, 2.24) is 0 Å². The van der Waals surface area contributed by atoms with Gasteiger partial charge < -0.3 is 26.2 Å². The molecule has 1 aliphatic carbocycles. The number of Topliss-reactive ketones (excluding diaryl/α,β-unsaturated/α-hetero) is 2. The van der Waals surface area contributed by atoms with Gasteiger partial charge in [0.05, 0.1) is 5.92 Å². The van der Waals surface area contributed by atoms with Gasteiger partial charge in [0.1, 0.15) is 6.10 Å². The van der Waals surface area contributed by atoms with Crippen molar-refractivity contribution in [2.45, 2.75) is 30.8 Å². The van der Waals surface area contributed by atoms with Crippen LogP contribution in [0.3, 0.4) is 0 Å². The number of carbonyl (C=O) groups is 3. The second-order valence-electron chi connectivity index (χ2n) is 3.97. The van der Waals surface area contributed by atoms with Crippen molar-refractivity contribution >= 4 is 17.5 Å². The van der Waals surface area contributed by atoms with E-state index in [0.29, 0.717) is 0 Å². The monoisotopic (exact) mass is 247 g/mol. The molecule has 0 radical (unpaired) electrons. The van der Waals surface area contributed by atoms with E-state index >= 15 is 0 Å². The SMILES string of the molecule is NC(C(=O)O)C(O)(O)C1CCC(O)C(=O)C1=O. The highest BCUT2D eigenvalue weighted by molar-refractivity contribution is 6.40. The van der Waals surface area contributed by atoms with Crippen LogP contribution in [0, 0.1) is 5.92 Å². The first kappa shape index (κ1) is 13.7. The number of carboxylic acid groups (broad SMARTS) is 1. The predicted octanol–water partition coefficient (Wildman–Crippen LogP) is -3.01. The normalized spacial score (nSPS) is 28.0. The summed E-state index contributed by atoms with van der Waals surface area (Å²) in [6.07, 6.45) is -1.85. The zero-order chi connectivity index (χ0) is 13.4. The van der Waals surface area contributed by atoms with E-state index in [9.17, 15) is 24.6 Å². The second-order valence-corrected chi connectivity index (χ2v) is 3.97. The van der Waals surface area contributed by atoms with Crippen LogP contribution in [0.25, 0.3) is 0 Å². The fraction of sp³-hybridized carbons (Fsp3) is 0.667. The Hall–Kier alpha value is -1.35. The van der Waals surface area contributed by atoms with Gasteiger partial charge in [0, 0.05) is 0 Å². The van der Waals surface area contributed by atoms with Crippen LogP contribution in [0.15, 0.2) is 0 Å². The third kappa shape index (κ3) is 2.34. The van der Waals surface area contributed by atoms with E-state index in [1.165, 1.54) is 0 Å². The molecule has 0 aromatic heterocycles. The molecule has 0 bridgehead atoms. The van der Waals surface area contributed by atoms with Crippen molar-refractivity contribution in [2.24, 2.45) is 11.7 Å². The average Bonchev–Trinajstić information content (AvgIpc) is 2.24. The molecule has 1 saturated carbocycles. The number of hydrogen-bond acceptors (Lipinski definition) is 7. The topological polar surface area (TPSA) is 158 Å². The first-order valence-electron chi connectivity index (χ1n) is 4.88. The molecule has 8 nitrogen and oxygen atoms in total. The maximum Gasteiger partial charge on any atom is 0.326 e. The summed E-state index contributed by atoms with van der Waals surface area (Å²) >= 11 is 0. The first-order valence-corrected chi connectivity index (χ1v) is 4.88. The van der Waals surface area contributed by atoms with E-state index in [4.69, 9.17) is 15.9 Å². The summed E-state index contributed by atoms with van der Waals surface area (Å²) in [5, 5.41) is 36.8. The molecule has 3 atom stereocenters. The summed E-state index contributed by atoms with van der Waals surface area (Å²) in [6, 6.07) is -2.11. The van der Waals surface area contributed by atoms with Crippen LogP contribution >= 0.6 is 0 Å². The highest BCUT2D eigenvalue weighted by atomic mass is 16.5. The zero-order valence-electron chi connectivity index (χ0n) is 8.74. The number of aliphatic carboxylic acids is 1. The molecule has 0 aromatic rings. The lowest BCUT2D eigenvalue weighted by atomic mass is 9.77. The molecule has 0 saturated heterocycles. The lowest BCUT2D eigenvalue weighted by molar-refractivity contribution is -0.221. The molecule has 1 fully saturated rings. The van der Waals surface area contributed by atoms with Gasteiger partial charge >= 0.3 is 5.97 Å². The maximum atomic E-state index is 11.4. The largest absolute Gasteiger partial charge is 0.480 e. The van der Waals surface area contributed by atoms with Gasteiger partial charge in [-0.1, -0.05) is 0 Å². The van der Waals surface area contributed by atoms with E-state index in [2.05, 4.69) is 0 Å². The molecule has 8 heteroatoms. The number of ketones is 2. The predicted molar refractivity (Wildman–Crippen MR) is 51.5 cm³/mol. The van der Waals surface area contributed by atoms with E-state index < -0.39 is 41.4 Å². The summed E-state index contributed by atoms with van der Waals surface area (Å²) < 4.78 is 0. The smallest absolute Gasteiger partial charge is 0.326 e. The quantitative estimate of drug-likeness (QED) is 0.260. The van der Waals surface area contributed by atoms with Gasteiger partial charge in [-0.3, -0.25) is 14.4 Å². The first-order chi connectivity index (χ1) is 7.69. The Bertz CT molecular complexity index is 364. The molecule has 0 heterocycles. The van der Waals surface area contributed by atoms with Crippen molar-refractivity contribution in [3.8, 4) is 0 Å². The van der Waals surface area contributed by atoms with E-state index in [1.54, 1.807) is 0 Å². The summed E-state index contributed by atoms with van der Waals surface area (Å²) in [5.74, 6) is -8.73. The van der Waals surface area contributed by atoms with Gasteiger partial charge in [-0.2, -0.15) is 0 Å². The highest BCUT2D eigenvalue weighted by Gasteiger charge is 2.52. The minimum absolute atomic E-state index is 0.148. The fourth-order valence-corrected chi connectivity index (χ4v) is 1.73. The van der Waals surface area contributed by atoms with Gasteiger partial charge in [-0.05, 0) is 12.8 Å². The molecule has 17 heavy (non-hydrogen) atoms. The lowest BCUT2D eigenvalue weighted by Crippen LogP contribution is -2.61. The molecule has 0 amide bonds. The Labute approximate surface area is 95.7 Å².